The molecule has 0 atom stereocenters. The van der Waals surface area contributed by atoms with Gasteiger partial charge in [0, 0.05) is 17.1 Å². The Hall–Kier alpha value is -0.700. The van der Waals surface area contributed by atoms with Crippen LogP contribution in [-0.4, -0.2) is 27.2 Å². The largest absolute Gasteiger partial charge is 0.396 e. The summed E-state index contributed by atoms with van der Waals surface area (Å²) in [6.45, 7) is 2.51. The lowest BCUT2D eigenvalue weighted by Gasteiger charge is -2.35. The summed E-state index contributed by atoms with van der Waals surface area (Å²) in [5, 5.41) is 0. The number of nitrogens with one attached hydrogen (secondary N) is 1. The molecule has 1 fully saturated rings. The molecule has 8 heteroatoms. The molecule has 1 aliphatic carbocycles. The Morgan fingerprint density at radius 2 is 2.15 bits per heavy atom. The second kappa shape index (κ2) is 5.97. The van der Waals surface area contributed by atoms with Gasteiger partial charge in [-0.25, -0.2) is 17.5 Å². The van der Waals surface area contributed by atoms with Gasteiger partial charge in [-0.15, -0.1) is 0 Å². The Morgan fingerprint density at radius 3 is 2.75 bits per heavy atom. The summed E-state index contributed by atoms with van der Waals surface area (Å²) in [6.07, 6.45) is 1.39. The van der Waals surface area contributed by atoms with Crippen LogP contribution in [0.2, 0.25) is 0 Å². The Balaban J connectivity index is 2.10. The molecule has 2 rings (SSSR count). The summed E-state index contributed by atoms with van der Waals surface area (Å²) in [4.78, 5) is -0.0590. The summed E-state index contributed by atoms with van der Waals surface area (Å²) >= 11 is 3.04. The van der Waals surface area contributed by atoms with Crippen LogP contribution in [0.25, 0.3) is 0 Å². The fourth-order valence-electron chi connectivity index (χ4n) is 2.07. The molecule has 1 aromatic carbocycles. The Bertz CT molecular complexity index is 603. The second-order valence-electron chi connectivity index (χ2n) is 4.67. The highest BCUT2D eigenvalue weighted by Gasteiger charge is 2.33. The molecule has 1 saturated carbocycles. The van der Waals surface area contributed by atoms with Crippen LogP contribution in [0.3, 0.4) is 0 Å². The third kappa shape index (κ3) is 3.30. The van der Waals surface area contributed by atoms with E-state index in [1.807, 2.05) is 6.92 Å². The fourth-order valence-corrected chi connectivity index (χ4v) is 4.38. The van der Waals surface area contributed by atoms with Gasteiger partial charge in [-0.3, -0.25) is 0 Å². The van der Waals surface area contributed by atoms with Crippen molar-refractivity contribution in [1.29, 1.82) is 0 Å². The fraction of sp³-hybridized carbons (Fsp3) is 0.500. The molecule has 20 heavy (non-hydrogen) atoms. The minimum absolute atomic E-state index is 0.0590. The van der Waals surface area contributed by atoms with Crippen LogP contribution in [0.15, 0.2) is 21.5 Å². The predicted molar refractivity (Wildman–Crippen MR) is 77.3 cm³/mol. The number of rotatable bonds is 5. The van der Waals surface area contributed by atoms with Gasteiger partial charge in [0.2, 0.25) is 10.0 Å². The van der Waals surface area contributed by atoms with Crippen molar-refractivity contribution in [2.45, 2.75) is 36.8 Å². The van der Waals surface area contributed by atoms with Crippen molar-refractivity contribution in [2.75, 3.05) is 12.3 Å². The first-order valence-electron chi connectivity index (χ1n) is 6.22. The molecule has 0 unspecified atom stereocenters. The van der Waals surface area contributed by atoms with Gasteiger partial charge in [0.15, 0.2) is 0 Å². The topological polar surface area (TPSA) is 81.4 Å². The van der Waals surface area contributed by atoms with E-state index in [-0.39, 0.29) is 27.2 Å². The molecule has 3 N–H and O–H groups in total. The van der Waals surface area contributed by atoms with E-state index in [0.717, 1.165) is 12.1 Å². The lowest BCUT2D eigenvalue weighted by Crippen LogP contribution is -2.47. The monoisotopic (exact) mass is 366 g/mol. The van der Waals surface area contributed by atoms with E-state index in [0.29, 0.717) is 19.4 Å². The summed E-state index contributed by atoms with van der Waals surface area (Å²) in [5.41, 5.74) is 5.22. The first-order chi connectivity index (χ1) is 9.33. The number of hydrogen-bond acceptors (Lipinski definition) is 4. The number of nitrogen functional groups attached to an aromatic ring is 1. The molecule has 0 bridgehead atoms. The van der Waals surface area contributed by atoms with Gasteiger partial charge in [0.1, 0.15) is 5.82 Å². The minimum Gasteiger partial charge on any atom is -0.396 e. The number of ether oxygens (including phenoxy) is 1. The molecule has 0 amide bonds. The molecule has 1 aromatic rings. The van der Waals surface area contributed by atoms with E-state index in [9.17, 15) is 12.8 Å². The van der Waals surface area contributed by atoms with Crippen molar-refractivity contribution in [3.8, 4) is 0 Å². The van der Waals surface area contributed by atoms with Crippen molar-refractivity contribution in [2.24, 2.45) is 0 Å². The highest BCUT2D eigenvalue weighted by molar-refractivity contribution is 9.10. The molecule has 0 aromatic heterocycles. The van der Waals surface area contributed by atoms with Crippen LogP contribution in [0.1, 0.15) is 19.8 Å². The highest BCUT2D eigenvalue weighted by atomic mass is 79.9. The van der Waals surface area contributed by atoms with Gasteiger partial charge in [-0.2, -0.15) is 0 Å². The second-order valence-corrected chi connectivity index (χ2v) is 7.21. The van der Waals surface area contributed by atoms with Crippen molar-refractivity contribution in [3.63, 3.8) is 0 Å². The van der Waals surface area contributed by atoms with Gasteiger partial charge in [-0.05, 0) is 47.8 Å². The van der Waals surface area contributed by atoms with Gasteiger partial charge in [0.05, 0.1) is 16.7 Å². The Kier molecular flexibility index (Phi) is 4.68. The van der Waals surface area contributed by atoms with Gasteiger partial charge in [0.25, 0.3) is 0 Å². The first kappa shape index (κ1) is 15.7. The average Bonchev–Trinajstić information content (AvgIpc) is 2.31. The smallest absolute Gasteiger partial charge is 0.242 e. The summed E-state index contributed by atoms with van der Waals surface area (Å²) in [5.74, 6) is -0.657. The zero-order chi connectivity index (χ0) is 14.9. The van der Waals surface area contributed by atoms with Crippen LogP contribution < -0.4 is 10.5 Å². The quantitative estimate of drug-likeness (QED) is 0.781. The molecular formula is C12H16BrFN2O3S. The van der Waals surface area contributed by atoms with Crippen LogP contribution in [0, 0.1) is 5.82 Å². The first-order valence-corrected chi connectivity index (χ1v) is 8.49. The molecule has 0 saturated heterocycles. The van der Waals surface area contributed by atoms with E-state index >= 15 is 0 Å². The van der Waals surface area contributed by atoms with E-state index in [2.05, 4.69) is 20.7 Å². The number of halogens is 2. The standard InChI is InChI=1S/C12H16BrFN2O3S/c1-2-19-8-3-7(4-8)16-20(17,18)12-6-11(15)10(14)5-9(12)13/h5-8,16H,2-4,15H2,1H3. The average molecular weight is 367 g/mol. The maximum atomic E-state index is 13.2. The van der Waals surface area contributed by atoms with Gasteiger partial charge in [-0.1, -0.05) is 0 Å². The van der Waals surface area contributed by atoms with Crippen molar-refractivity contribution >= 4 is 31.6 Å². The summed E-state index contributed by atoms with van der Waals surface area (Å²) < 4.78 is 45.8. The van der Waals surface area contributed by atoms with Crippen molar-refractivity contribution in [1.82, 2.24) is 4.72 Å². The number of nitrogens with two attached hydrogens (primary N) is 1. The number of anilines is 1. The zero-order valence-corrected chi connectivity index (χ0v) is 13.3. The van der Waals surface area contributed by atoms with Crippen molar-refractivity contribution < 1.29 is 17.5 Å². The number of sulfonamides is 1. The Morgan fingerprint density at radius 1 is 1.50 bits per heavy atom. The molecule has 0 aliphatic heterocycles. The minimum atomic E-state index is -3.73. The van der Waals surface area contributed by atoms with E-state index in [1.54, 1.807) is 0 Å². The SMILES string of the molecule is CCOC1CC(NS(=O)(=O)c2cc(N)c(F)cc2Br)C1. The van der Waals surface area contributed by atoms with Crippen LogP contribution in [-0.2, 0) is 14.8 Å². The van der Waals surface area contributed by atoms with E-state index in [4.69, 9.17) is 10.5 Å². The van der Waals surface area contributed by atoms with E-state index in [1.165, 1.54) is 0 Å². The van der Waals surface area contributed by atoms with E-state index < -0.39 is 15.8 Å². The maximum Gasteiger partial charge on any atom is 0.242 e. The predicted octanol–water partition coefficient (Wildman–Crippen LogP) is 2.02. The molecule has 5 nitrogen and oxygen atoms in total. The lowest BCUT2D eigenvalue weighted by molar-refractivity contribution is -0.00476. The summed E-state index contributed by atoms with van der Waals surface area (Å²) in [6, 6.07) is 2.00. The third-order valence-electron chi connectivity index (χ3n) is 3.16. The third-order valence-corrected chi connectivity index (χ3v) is 5.64. The molecular weight excluding hydrogens is 351 g/mol. The number of benzene rings is 1. The molecule has 112 valence electrons. The molecule has 1 aliphatic rings. The van der Waals surface area contributed by atoms with Crippen LogP contribution in [0.4, 0.5) is 10.1 Å². The van der Waals surface area contributed by atoms with Crippen molar-refractivity contribution in [3.05, 3.63) is 22.4 Å². The lowest BCUT2D eigenvalue weighted by atomic mass is 9.90. The van der Waals surface area contributed by atoms with Gasteiger partial charge >= 0.3 is 0 Å². The zero-order valence-electron chi connectivity index (χ0n) is 10.9. The normalized spacial score (nSPS) is 22.6. The maximum absolute atomic E-state index is 13.2. The highest BCUT2D eigenvalue weighted by Crippen LogP contribution is 2.29. The molecule has 0 spiro atoms. The molecule has 0 heterocycles. The van der Waals surface area contributed by atoms with Crippen LogP contribution in [0.5, 0.6) is 0 Å². The van der Waals surface area contributed by atoms with Gasteiger partial charge < -0.3 is 10.5 Å². The molecule has 0 radical (unpaired) electrons. The number of hydrogen-bond donors (Lipinski definition) is 2. The van der Waals surface area contributed by atoms with Crippen LogP contribution >= 0.6 is 15.9 Å². The summed E-state index contributed by atoms with van der Waals surface area (Å²) in [7, 11) is -3.73. The Labute approximate surface area is 125 Å².